The molecule has 2 aromatic carbocycles. The van der Waals surface area contributed by atoms with Gasteiger partial charge in [-0.25, -0.2) is 0 Å². The molecule has 82 valence electrons. The van der Waals surface area contributed by atoms with E-state index in [1.165, 1.54) is 0 Å². The Morgan fingerprint density at radius 2 is 2.06 bits per heavy atom. The standard InChI is InChI=1S/C14H14O2/c1-3-16-14-6-4-5-11-7-8-12(10(2)15)9-13(11)14/h4-9H,3H2,1-2H3. The molecule has 0 spiro atoms. The number of hydrogen-bond acceptors (Lipinski definition) is 2. The Kier molecular flexibility index (Phi) is 2.91. The van der Waals surface area contributed by atoms with E-state index in [4.69, 9.17) is 4.74 Å². The molecular weight excluding hydrogens is 200 g/mol. The number of Topliss-reactive ketones (excluding diaryl/α,β-unsaturated/α-hetero) is 1. The van der Waals surface area contributed by atoms with Gasteiger partial charge in [-0.1, -0.05) is 24.3 Å². The van der Waals surface area contributed by atoms with Gasteiger partial charge in [0.15, 0.2) is 5.78 Å². The van der Waals surface area contributed by atoms with Gasteiger partial charge in [-0.2, -0.15) is 0 Å². The number of hydrogen-bond donors (Lipinski definition) is 0. The zero-order chi connectivity index (χ0) is 11.5. The van der Waals surface area contributed by atoms with Gasteiger partial charge in [0.1, 0.15) is 5.75 Å². The Balaban J connectivity index is 2.63. The third-order valence-electron chi connectivity index (χ3n) is 2.55. The largest absolute Gasteiger partial charge is 0.493 e. The second kappa shape index (κ2) is 4.35. The van der Waals surface area contributed by atoms with E-state index < -0.39 is 0 Å². The first-order valence-electron chi connectivity index (χ1n) is 5.39. The molecule has 0 aliphatic carbocycles. The summed E-state index contributed by atoms with van der Waals surface area (Å²) < 4.78 is 5.54. The van der Waals surface area contributed by atoms with Gasteiger partial charge in [0.25, 0.3) is 0 Å². The summed E-state index contributed by atoms with van der Waals surface area (Å²) in [4.78, 5) is 11.3. The average molecular weight is 214 g/mol. The predicted octanol–water partition coefficient (Wildman–Crippen LogP) is 3.44. The van der Waals surface area contributed by atoms with Crippen molar-refractivity contribution in [2.75, 3.05) is 6.61 Å². The van der Waals surface area contributed by atoms with Crippen LogP contribution in [0.1, 0.15) is 24.2 Å². The van der Waals surface area contributed by atoms with Gasteiger partial charge in [0, 0.05) is 10.9 Å². The van der Waals surface area contributed by atoms with Crippen LogP contribution >= 0.6 is 0 Å². The Bertz CT molecular complexity index is 529. The summed E-state index contributed by atoms with van der Waals surface area (Å²) in [6.45, 7) is 4.15. The molecule has 0 aliphatic heterocycles. The first kappa shape index (κ1) is 10.7. The van der Waals surface area contributed by atoms with Crippen molar-refractivity contribution < 1.29 is 9.53 Å². The Labute approximate surface area is 94.8 Å². The predicted molar refractivity (Wildman–Crippen MR) is 65.1 cm³/mol. The maximum absolute atomic E-state index is 11.3. The maximum atomic E-state index is 11.3. The third-order valence-corrected chi connectivity index (χ3v) is 2.55. The van der Waals surface area contributed by atoms with Gasteiger partial charge < -0.3 is 4.74 Å². The second-order valence-corrected chi connectivity index (χ2v) is 3.68. The summed E-state index contributed by atoms with van der Waals surface area (Å²) in [6.07, 6.45) is 0. The lowest BCUT2D eigenvalue weighted by Crippen LogP contribution is -1.95. The molecule has 0 fully saturated rings. The number of ether oxygens (including phenoxy) is 1. The summed E-state index contributed by atoms with van der Waals surface area (Å²) in [5.74, 6) is 0.913. The van der Waals surface area contributed by atoms with Crippen molar-refractivity contribution in [3.8, 4) is 5.75 Å². The molecule has 0 N–H and O–H groups in total. The smallest absolute Gasteiger partial charge is 0.159 e. The van der Waals surface area contributed by atoms with Crippen LogP contribution in [0.4, 0.5) is 0 Å². The fourth-order valence-electron chi connectivity index (χ4n) is 1.74. The highest BCUT2D eigenvalue weighted by atomic mass is 16.5. The van der Waals surface area contributed by atoms with Gasteiger partial charge >= 0.3 is 0 Å². The minimum Gasteiger partial charge on any atom is -0.493 e. The zero-order valence-corrected chi connectivity index (χ0v) is 9.49. The van der Waals surface area contributed by atoms with Crippen LogP contribution in [-0.4, -0.2) is 12.4 Å². The molecule has 0 radical (unpaired) electrons. The first-order chi connectivity index (χ1) is 7.72. The minimum absolute atomic E-state index is 0.0770. The number of carbonyl (C=O) groups excluding carboxylic acids is 1. The lowest BCUT2D eigenvalue weighted by molar-refractivity contribution is 0.101. The summed E-state index contributed by atoms with van der Waals surface area (Å²) in [5, 5.41) is 2.09. The molecule has 0 heterocycles. The van der Waals surface area contributed by atoms with Crippen LogP contribution in [0.2, 0.25) is 0 Å². The molecular formula is C14H14O2. The van der Waals surface area contributed by atoms with Crippen molar-refractivity contribution in [1.29, 1.82) is 0 Å². The average Bonchev–Trinajstić information content (AvgIpc) is 2.29. The molecule has 16 heavy (non-hydrogen) atoms. The van der Waals surface area contributed by atoms with E-state index in [1.807, 2.05) is 43.3 Å². The fraction of sp³-hybridized carbons (Fsp3) is 0.214. The van der Waals surface area contributed by atoms with E-state index >= 15 is 0 Å². The fourth-order valence-corrected chi connectivity index (χ4v) is 1.74. The summed E-state index contributed by atoms with van der Waals surface area (Å²) in [6, 6.07) is 11.6. The molecule has 0 aliphatic rings. The van der Waals surface area contributed by atoms with Crippen molar-refractivity contribution >= 4 is 16.6 Å². The van der Waals surface area contributed by atoms with Gasteiger partial charge in [0.2, 0.25) is 0 Å². The summed E-state index contributed by atoms with van der Waals surface area (Å²) in [7, 11) is 0. The number of rotatable bonds is 3. The number of fused-ring (bicyclic) bond motifs is 1. The van der Waals surface area contributed by atoms with Crippen molar-refractivity contribution in [1.82, 2.24) is 0 Å². The molecule has 0 aromatic heterocycles. The molecule has 0 atom stereocenters. The molecule has 0 bridgehead atoms. The van der Waals surface area contributed by atoms with Gasteiger partial charge in [-0.15, -0.1) is 0 Å². The van der Waals surface area contributed by atoms with E-state index in [0.29, 0.717) is 6.61 Å². The number of ketones is 1. The maximum Gasteiger partial charge on any atom is 0.159 e. The van der Waals surface area contributed by atoms with Gasteiger partial charge in [-0.05, 0) is 31.4 Å². The van der Waals surface area contributed by atoms with Crippen LogP contribution in [-0.2, 0) is 0 Å². The first-order valence-corrected chi connectivity index (χ1v) is 5.39. The lowest BCUT2D eigenvalue weighted by atomic mass is 10.0. The van der Waals surface area contributed by atoms with Crippen LogP contribution < -0.4 is 4.74 Å². The van der Waals surface area contributed by atoms with Gasteiger partial charge in [-0.3, -0.25) is 4.79 Å². The van der Waals surface area contributed by atoms with Crippen molar-refractivity contribution in [3.63, 3.8) is 0 Å². The normalized spacial score (nSPS) is 10.4. The van der Waals surface area contributed by atoms with E-state index in [0.717, 1.165) is 22.1 Å². The Hall–Kier alpha value is -1.83. The molecule has 0 amide bonds. The SMILES string of the molecule is CCOc1cccc2ccc(C(C)=O)cc12. The Morgan fingerprint density at radius 1 is 1.25 bits per heavy atom. The molecule has 2 rings (SSSR count). The molecule has 2 heteroatoms. The highest BCUT2D eigenvalue weighted by Gasteiger charge is 2.05. The second-order valence-electron chi connectivity index (χ2n) is 3.68. The Morgan fingerprint density at radius 3 is 2.75 bits per heavy atom. The lowest BCUT2D eigenvalue weighted by Gasteiger charge is -2.08. The molecule has 0 saturated carbocycles. The number of carbonyl (C=O) groups is 1. The quantitative estimate of drug-likeness (QED) is 0.731. The van der Waals surface area contributed by atoms with Gasteiger partial charge in [0.05, 0.1) is 6.61 Å². The van der Waals surface area contributed by atoms with Crippen LogP contribution in [0, 0.1) is 0 Å². The monoisotopic (exact) mass is 214 g/mol. The van der Waals surface area contributed by atoms with E-state index in [1.54, 1.807) is 6.92 Å². The minimum atomic E-state index is 0.0770. The zero-order valence-electron chi connectivity index (χ0n) is 9.49. The van der Waals surface area contributed by atoms with Crippen LogP contribution in [0.15, 0.2) is 36.4 Å². The summed E-state index contributed by atoms with van der Waals surface area (Å²) >= 11 is 0. The van der Waals surface area contributed by atoms with E-state index in [2.05, 4.69) is 0 Å². The van der Waals surface area contributed by atoms with Crippen molar-refractivity contribution in [3.05, 3.63) is 42.0 Å². The molecule has 2 nitrogen and oxygen atoms in total. The highest BCUT2D eigenvalue weighted by Crippen LogP contribution is 2.26. The van der Waals surface area contributed by atoms with Crippen LogP contribution in [0.5, 0.6) is 5.75 Å². The van der Waals surface area contributed by atoms with Crippen molar-refractivity contribution in [2.24, 2.45) is 0 Å². The number of benzene rings is 2. The van der Waals surface area contributed by atoms with E-state index in [-0.39, 0.29) is 5.78 Å². The molecule has 0 saturated heterocycles. The van der Waals surface area contributed by atoms with E-state index in [9.17, 15) is 4.79 Å². The molecule has 2 aromatic rings. The third kappa shape index (κ3) is 1.91. The van der Waals surface area contributed by atoms with Crippen LogP contribution in [0.3, 0.4) is 0 Å². The highest BCUT2D eigenvalue weighted by molar-refractivity contribution is 6.00. The molecule has 0 unspecified atom stereocenters. The van der Waals surface area contributed by atoms with Crippen molar-refractivity contribution in [2.45, 2.75) is 13.8 Å². The topological polar surface area (TPSA) is 26.3 Å². The van der Waals surface area contributed by atoms with Crippen LogP contribution in [0.25, 0.3) is 10.8 Å². The summed E-state index contributed by atoms with van der Waals surface area (Å²) in [5.41, 5.74) is 0.722.